The van der Waals surface area contributed by atoms with Crippen LogP contribution in [0.15, 0.2) is 64.4 Å². The molecule has 0 spiro atoms. The molecular weight excluding hydrogens is 418 g/mol. The minimum absolute atomic E-state index is 0.325. The summed E-state index contributed by atoms with van der Waals surface area (Å²) in [4.78, 5) is 28.8. The third-order valence-electron chi connectivity index (χ3n) is 5.39. The van der Waals surface area contributed by atoms with E-state index in [1.807, 2.05) is 0 Å². The van der Waals surface area contributed by atoms with Crippen LogP contribution in [0.1, 0.15) is 23.7 Å². The fraction of sp³-hybridized carbons (Fsp3) is 0.261. The fourth-order valence-electron chi connectivity index (χ4n) is 3.66. The van der Waals surface area contributed by atoms with Crippen LogP contribution < -0.4 is 11.2 Å². The van der Waals surface area contributed by atoms with Gasteiger partial charge in [0, 0.05) is 27.2 Å². The highest BCUT2D eigenvalue weighted by molar-refractivity contribution is 5.69. The molecule has 0 radical (unpaired) electrons. The predicted octanol–water partition coefficient (Wildman–Crippen LogP) is 2.91. The monoisotopic (exact) mass is 440 g/mol. The van der Waals surface area contributed by atoms with E-state index >= 15 is 0 Å². The maximum Gasteiger partial charge on any atom is 0.332 e. The van der Waals surface area contributed by atoms with Gasteiger partial charge in [0.2, 0.25) is 0 Å². The van der Waals surface area contributed by atoms with Crippen molar-refractivity contribution in [1.29, 1.82) is 0 Å². The van der Waals surface area contributed by atoms with Gasteiger partial charge in [0.15, 0.2) is 11.2 Å². The SMILES string of the molecule is Cn1c(=O)c2c(ncn2CCCOC(c2ccc(F)cc2)c2ccc(F)cc2)n(C)c1=O. The quantitative estimate of drug-likeness (QED) is 0.415. The van der Waals surface area contributed by atoms with Gasteiger partial charge >= 0.3 is 5.69 Å². The van der Waals surface area contributed by atoms with Gasteiger partial charge < -0.3 is 9.30 Å². The van der Waals surface area contributed by atoms with Crippen molar-refractivity contribution in [2.24, 2.45) is 14.1 Å². The molecule has 4 rings (SSSR count). The molecule has 2 heterocycles. The van der Waals surface area contributed by atoms with Crippen molar-refractivity contribution in [2.75, 3.05) is 6.61 Å². The summed E-state index contributed by atoms with van der Waals surface area (Å²) < 4.78 is 36.9. The minimum Gasteiger partial charge on any atom is -0.369 e. The van der Waals surface area contributed by atoms with Gasteiger partial charge in [-0.1, -0.05) is 24.3 Å². The molecule has 0 fully saturated rings. The molecule has 0 aliphatic heterocycles. The van der Waals surface area contributed by atoms with E-state index in [4.69, 9.17) is 4.74 Å². The Morgan fingerprint density at radius 1 is 0.906 bits per heavy atom. The molecule has 4 aromatic rings. The molecule has 166 valence electrons. The van der Waals surface area contributed by atoms with Gasteiger partial charge in [0.25, 0.3) is 5.56 Å². The van der Waals surface area contributed by atoms with Gasteiger partial charge in [-0.2, -0.15) is 0 Å². The molecular formula is C23H22F2N4O3. The number of nitrogens with zero attached hydrogens (tertiary/aromatic N) is 4. The normalized spacial score (nSPS) is 11.5. The lowest BCUT2D eigenvalue weighted by Crippen LogP contribution is -2.37. The van der Waals surface area contributed by atoms with Crippen LogP contribution in [0.2, 0.25) is 0 Å². The van der Waals surface area contributed by atoms with Crippen molar-refractivity contribution in [2.45, 2.75) is 19.1 Å². The first-order chi connectivity index (χ1) is 15.4. The van der Waals surface area contributed by atoms with Crippen LogP contribution in [-0.2, 0) is 25.4 Å². The number of aryl methyl sites for hydroxylation is 2. The van der Waals surface area contributed by atoms with Crippen molar-refractivity contribution in [3.63, 3.8) is 0 Å². The highest BCUT2D eigenvalue weighted by Gasteiger charge is 2.17. The van der Waals surface area contributed by atoms with Gasteiger partial charge in [-0.3, -0.25) is 13.9 Å². The third kappa shape index (κ3) is 4.11. The van der Waals surface area contributed by atoms with E-state index in [-0.39, 0.29) is 11.6 Å². The molecule has 0 unspecified atom stereocenters. The van der Waals surface area contributed by atoms with Gasteiger partial charge in [-0.05, 0) is 41.8 Å². The Morgan fingerprint density at radius 3 is 2.03 bits per heavy atom. The molecule has 0 aliphatic carbocycles. The number of hydrogen-bond donors (Lipinski definition) is 0. The van der Waals surface area contributed by atoms with Crippen LogP contribution in [0.4, 0.5) is 8.78 Å². The zero-order valence-corrected chi connectivity index (χ0v) is 17.7. The maximum atomic E-state index is 13.4. The van der Waals surface area contributed by atoms with E-state index in [9.17, 15) is 18.4 Å². The number of benzene rings is 2. The number of aromatic nitrogens is 4. The Labute approximate surface area is 182 Å². The largest absolute Gasteiger partial charge is 0.369 e. The molecule has 2 aromatic heterocycles. The molecule has 7 nitrogen and oxygen atoms in total. The van der Waals surface area contributed by atoms with E-state index in [2.05, 4.69) is 4.98 Å². The summed E-state index contributed by atoms with van der Waals surface area (Å²) in [6.45, 7) is 0.772. The second-order valence-corrected chi connectivity index (χ2v) is 7.52. The smallest absolute Gasteiger partial charge is 0.332 e. The van der Waals surface area contributed by atoms with E-state index in [0.717, 1.165) is 15.7 Å². The van der Waals surface area contributed by atoms with Gasteiger partial charge in [-0.25, -0.2) is 18.6 Å². The summed E-state index contributed by atoms with van der Waals surface area (Å²) >= 11 is 0. The summed E-state index contributed by atoms with van der Waals surface area (Å²) in [6, 6.07) is 12.0. The minimum atomic E-state index is -0.496. The fourth-order valence-corrected chi connectivity index (χ4v) is 3.66. The molecule has 0 N–H and O–H groups in total. The van der Waals surface area contributed by atoms with Crippen molar-refractivity contribution < 1.29 is 13.5 Å². The number of fused-ring (bicyclic) bond motifs is 1. The predicted molar refractivity (Wildman–Crippen MR) is 115 cm³/mol. The maximum absolute atomic E-state index is 13.4. The number of imidazole rings is 1. The highest BCUT2D eigenvalue weighted by Crippen LogP contribution is 2.27. The van der Waals surface area contributed by atoms with Gasteiger partial charge in [0.05, 0.1) is 6.33 Å². The Balaban J connectivity index is 1.51. The number of ether oxygens (including phenoxy) is 1. The third-order valence-corrected chi connectivity index (χ3v) is 5.39. The van der Waals surface area contributed by atoms with Crippen LogP contribution in [0.3, 0.4) is 0 Å². The van der Waals surface area contributed by atoms with Crippen LogP contribution >= 0.6 is 0 Å². The first-order valence-corrected chi connectivity index (χ1v) is 10.1. The Kier molecular flexibility index (Phi) is 6.00. The Morgan fingerprint density at radius 2 is 1.47 bits per heavy atom. The van der Waals surface area contributed by atoms with Gasteiger partial charge in [-0.15, -0.1) is 0 Å². The summed E-state index contributed by atoms with van der Waals surface area (Å²) in [6.07, 6.45) is 1.59. The zero-order valence-electron chi connectivity index (χ0n) is 17.7. The summed E-state index contributed by atoms with van der Waals surface area (Å²) in [7, 11) is 3.00. The average Bonchev–Trinajstić information content (AvgIpc) is 3.22. The first kappa shape index (κ1) is 21.6. The highest BCUT2D eigenvalue weighted by atomic mass is 19.1. The zero-order chi connectivity index (χ0) is 22.8. The standard InChI is InChI=1S/C23H22F2N4O3/c1-27-21-19(22(30)28(2)23(27)31)29(14-26-21)12-3-13-32-20(15-4-8-17(24)9-5-15)16-6-10-18(25)11-7-16/h4-11,14,20H,3,12-13H2,1-2H3. The van der Waals surface area contributed by atoms with Crippen LogP contribution in [0.25, 0.3) is 11.2 Å². The molecule has 0 bridgehead atoms. The van der Waals surface area contributed by atoms with Crippen molar-refractivity contribution >= 4 is 11.2 Å². The molecule has 0 saturated heterocycles. The lowest BCUT2D eigenvalue weighted by atomic mass is 10.0. The van der Waals surface area contributed by atoms with Crippen molar-refractivity contribution in [3.8, 4) is 0 Å². The van der Waals surface area contributed by atoms with Gasteiger partial charge in [0.1, 0.15) is 17.7 Å². The van der Waals surface area contributed by atoms with E-state index in [1.165, 1.54) is 42.2 Å². The average molecular weight is 440 g/mol. The van der Waals surface area contributed by atoms with E-state index in [1.54, 1.807) is 35.9 Å². The number of hydrogen-bond acceptors (Lipinski definition) is 4. The molecule has 0 atom stereocenters. The number of rotatable bonds is 7. The molecule has 9 heteroatoms. The topological polar surface area (TPSA) is 71.0 Å². The Bertz CT molecular complexity index is 1310. The molecule has 32 heavy (non-hydrogen) atoms. The molecule has 2 aromatic carbocycles. The molecule has 0 saturated carbocycles. The van der Waals surface area contributed by atoms with Crippen LogP contribution in [-0.4, -0.2) is 25.3 Å². The lowest BCUT2D eigenvalue weighted by Gasteiger charge is -2.19. The molecule has 0 aliphatic rings. The van der Waals surface area contributed by atoms with E-state index in [0.29, 0.717) is 30.7 Å². The second-order valence-electron chi connectivity index (χ2n) is 7.52. The Hall–Kier alpha value is -3.59. The lowest BCUT2D eigenvalue weighted by molar-refractivity contribution is 0.0760. The number of halogens is 2. The van der Waals surface area contributed by atoms with Crippen molar-refractivity contribution in [3.05, 3.63) is 98.5 Å². The summed E-state index contributed by atoms with van der Waals surface area (Å²) in [5.74, 6) is -0.704. The summed E-state index contributed by atoms with van der Waals surface area (Å²) in [5.41, 5.74) is 1.33. The second kappa shape index (κ2) is 8.88. The van der Waals surface area contributed by atoms with Crippen molar-refractivity contribution in [1.82, 2.24) is 18.7 Å². The van der Waals surface area contributed by atoms with Crippen LogP contribution in [0.5, 0.6) is 0 Å². The van der Waals surface area contributed by atoms with Crippen LogP contribution in [0, 0.1) is 11.6 Å². The molecule has 0 amide bonds. The first-order valence-electron chi connectivity index (χ1n) is 10.1. The van der Waals surface area contributed by atoms with E-state index < -0.39 is 17.4 Å². The summed E-state index contributed by atoms with van der Waals surface area (Å²) in [5, 5.41) is 0.